The van der Waals surface area contributed by atoms with Gasteiger partial charge in [0, 0.05) is 22.8 Å². The van der Waals surface area contributed by atoms with Crippen molar-refractivity contribution in [2.24, 2.45) is 0 Å². The number of rotatable bonds is 6. The van der Waals surface area contributed by atoms with Gasteiger partial charge >= 0.3 is 5.97 Å². The maximum atomic E-state index is 13.5. The second-order valence-corrected chi connectivity index (χ2v) is 10.8. The largest absolute Gasteiger partial charge is 0.467 e. The zero-order chi connectivity index (χ0) is 26.8. The van der Waals surface area contributed by atoms with Gasteiger partial charge in [-0.3, -0.25) is 4.79 Å². The number of methoxy groups -OCH3 is 1. The van der Waals surface area contributed by atoms with E-state index in [0.717, 1.165) is 32.3 Å². The summed E-state index contributed by atoms with van der Waals surface area (Å²) in [6, 6.07) is 17.5. The average Bonchev–Trinajstić information content (AvgIpc) is 2.82. The highest BCUT2D eigenvalue weighted by Crippen LogP contribution is 2.42. The lowest BCUT2D eigenvalue weighted by molar-refractivity contribution is -0.164. The van der Waals surface area contributed by atoms with Gasteiger partial charge < -0.3 is 14.4 Å². The van der Waals surface area contributed by atoms with Crippen LogP contribution in [0.1, 0.15) is 59.5 Å². The summed E-state index contributed by atoms with van der Waals surface area (Å²) in [5.41, 5.74) is 6.04. The number of hydrogen-bond acceptors (Lipinski definition) is 4. The number of benzene rings is 3. The molecule has 3 aromatic carbocycles. The molecular weight excluding hydrogens is 518 g/mol. The number of hydrogen-bond donors (Lipinski definition) is 0. The Kier molecular flexibility index (Phi) is 8.42. The Hall–Kier alpha value is -2.96. The Morgan fingerprint density at radius 3 is 2.14 bits per heavy atom. The molecule has 0 aliphatic rings. The van der Waals surface area contributed by atoms with Gasteiger partial charge in [-0.15, -0.1) is 0 Å². The second kappa shape index (κ2) is 11.0. The normalized spacial score (nSPS) is 12.2. The van der Waals surface area contributed by atoms with Crippen LogP contribution in [0, 0.1) is 20.8 Å². The molecule has 0 heterocycles. The van der Waals surface area contributed by atoms with Gasteiger partial charge in [0.25, 0.3) is 5.91 Å². The Bertz CT molecular complexity index is 1280. The molecule has 5 nitrogen and oxygen atoms in total. The van der Waals surface area contributed by atoms with Crippen molar-refractivity contribution in [3.05, 3.63) is 86.9 Å². The molecule has 0 aliphatic heterocycles. The lowest BCUT2D eigenvalue weighted by Crippen LogP contribution is -2.31. The number of amides is 1. The lowest BCUT2D eigenvalue weighted by atomic mass is 9.86. The number of aryl methyl sites for hydroxylation is 2. The first-order valence-electron chi connectivity index (χ1n) is 11.8. The van der Waals surface area contributed by atoms with Crippen LogP contribution in [0.5, 0.6) is 0 Å². The Morgan fingerprint density at radius 1 is 0.972 bits per heavy atom. The fraction of sp³-hybridized carbons (Fsp3) is 0.333. The third kappa shape index (κ3) is 5.88. The summed E-state index contributed by atoms with van der Waals surface area (Å²) in [6.45, 7) is 11.7. The Morgan fingerprint density at radius 2 is 1.58 bits per heavy atom. The summed E-state index contributed by atoms with van der Waals surface area (Å²) in [5.74, 6) is -0.650. The number of ether oxygens (including phenoxy) is 2. The third-order valence-corrected chi connectivity index (χ3v) is 6.76. The maximum absolute atomic E-state index is 13.5. The molecule has 36 heavy (non-hydrogen) atoms. The standard InChI is InChI=1S/C30H34BrNO4/c1-18-13-15-21(16-14-18)25-19(2)17-24(32(7)28(33)22-11-9-10-12-23(22)31)20(3)26(25)27(29(34)35-8)36-30(4,5)6/h9-17,27H,1-8H3/t27-/m0/s1. The molecule has 190 valence electrons. The quantitative estimate of drug-likeness (QED) is 0.300. The van der Waals surface area contributed by atoms with Crippen LogP contribution in [0.3, 0.4) is 0 Å². The van der Waals surface area contributed by atoms with Crippen molar-refractivity contribution in [2.45, 2.75) is 53.2 Å². The predicted octanol–water partition coefficient (Wildman–Crippen LogP) is 7.35. The number of carbonyl (C=O) groups is 2. The van der Waals surface area contributed by atoms with E-state index in [-0.39, 0.29) is 5.91 Å². The predicted molar refractivity (Wildman–Crippen MR) is 149 cm³/mol. The van der Waals surface area contributed by atoms with Gasteiger partial charge in [0.2, 0.25) is 0 Å². The highest BCUT2D eigenvalue weighted by atomic mass is 79.9. The molecule has 0 bridgehead atoms. The van der Waals surface area contributed by atoms with Crippen molar-refractivity contribution < 1.29 is 19.1 Å². The number of nitrogens with zero attached hydrogens (tertiary/aromatic N) is 1. The minimum absolute atomic E-state index is 0.162. The number of anilines is 1. The summed E-state index contributed by atoms with van der Waals surface area (Å²) in [5, 5.41) is 0. The third-order valence-electron chi connectivity index (χ3n) is 6.06. The van der Waals surface area contributed by atoms with Gasteiger partial charge in [-0.05, 0) is 97.9 Å². The van der Waals surface area contributed by atoms with Crippen LogP contribution < -0.4 is 4.90 Å². The van der Waals surface area contributed by atoms with Gasteiger partial charge in [-0.2, -0.15) is 0 Å². The number of esters is 1. The number of halogens is 1. The molecule has 0 spiro atoms. The van der Waals surface area contributed by atoms with Crippen molar-refractivity contribution in [2.75, 3.05) is 19.1 Å². The van der Waals surface area contributed by atoms with E-state index in [1.54, 1.807) is 18.0 Å². The van der Waals surface area contributed by atoms with Crippen LogP contribution >= 0.6 is 15.9 Å². The molecule has 1 amide bonds. The molecule has 0 saturated carbocycles. The number of carbonyl (C=O) groups excluding carboxylic acids is 2. The van der Waals surface area contributed by atoms with Crippen molar-refractivity contribution in [3.8, 4) is 11.1 Å². The van der Waals surface area contributed by atoms with Crippen molar-refractivity contribution in [3.63, 3.8) is 0 Å². The monoisotopic (exact) mass is 551 g/mol. The molecule has 3 rings (SSSR count). The molecule has 0 saturated heterocycles. The van der Waals surface area contributed by atoms with Crippen LogP contribution in [-0.4, -0.2) is 31.6 Å². The van der Waals surface area contributed by atoms with E-state index in [1.165, 1.54) is 7.11 Å². The molecule has 6 heteroatoms. The first-order valence-corrected chi connectivity index (χ1v) is 12.6. The van der Waals surface area contributed by atoms with Crippen LogP contribution in [-0.2, 0) is 14.3 Å². The van der Waals surface area contributed by atoms with Gasteiger partial charge in [0.1, 0.15) is 0 Å². The fourth-order valence-corrected chi connectivity index (χ4v) is 4.77. The molecular formula is C30H34BrNO4. The van der Waals surface area contributed by atoms with E-state index >= 15 is 0 Å². The summed E-state index contributed by atoms with van der Waals surface area (Å²) >= 11 is 3.49. The van der Waals surface area contributed by atoms with Crippen LogP contribution in [0.15, 0.2) is 59.1 Å². The van der Waals surface area contributed by atoms with Crippen molar-refractivity contribution >= 4 is 33.5 Å². The fourth-order valence-electron chi connectivity index (χ4n) is 4.31. The highest BCUT2D eigenvalue weighted by molar-refractivity contribution is 9.10. The van der Waals surface area contributed by atoms with E-state index in [9.17, 15) is 9.59 Å². The Balaban J connectivity index is 2.30. The summed E-state index contributed by atoms with van der Waals surface area (Å²) in [7, 11) is 3.11. The first kappa shape index (κ1) is 27.6. The van der Waals surface area contributed by atoms with E-state index in [2.05, 4.69) is 15.9 Å². The van der Waals surface area contributed by atoms with Gasteiger partial charge in [0.05, 0.1) is 18.3 Å². The van der Waals surface area contributed by atoms with Crippen LogP contribution in [0.25, 0.3) is 11.1 Å². The lowest BCUT2D eigenvalue weighted by Gasteiger charge is -2.31. The molecule has 0 fully saturated rings. The highest BCUT2D eigenvalue weighted by Gasteiger charge is 2.34. The van der Waals surface area contributed by atoms with Gasteiger partial charge in [-0.25, -0.2) is 4.79 Å². The topological polar surface area (TPSA) is 55.8 Å². The summed E-state index contributed by atoms with van der Waals surface area (Å²) in [6.07, 6.45) is -0.975. The van der Waals surface area contributed by atoms with E-state index in [0.29, 0.717) is 16.8 Å². The molecule has 0 aromatic heterocycles. The average molecular weight is 553 g/mol. The molecule has 0 unspecified atom stereocenters. The zero-order valence-corrected chi connectivity index (χ0v) is 23.8. The van der Waals surface area contributed by atoms with E-state index < -0.39 is 17.7 Å². The zero-order valence-electron chi connectivity index (χ0n) is 22.2. The SMILES string of the molecule is COC(=O)[C@@H](OC(C)(C)C)c1c(C)c(N(C)C(=O)c2ccccc2Br)cc(C)c1-c1ccc(C)cc1. The van der Waals surface area contributed by atoms with Crippen LogP contribution in [0.4, 0.5) is 5.69 Å². The van der Waals surface area contributed by atoms with Gasteiger partial charge in [-0.1, -0.05) is 42.0 Å². The van der Waals surface area contributed by atoms with E-state index in [1.807, 2.05) is 90.1 Å². The van der Waals surface area contributed by atoms with Crippen molar-refractivity contribution in [1.82, 2.24) is 0 Å². The van der Waals surface area contributed by atoms with Crippen molar-refractivity contribution in [1.29, 1.82) is 0 Å². The second-order valence-electron chi connectivity index (χ2n) is 9.97. The first-order chi connectivity index (χ1) is 16.9. The minimum atomic E-state index is -0.975. The molecule has 3 aromatic rings. The molecule has 0 aliphatic carbocycles. The minimum Gasteiger partial charge on any atom is -0.467 e. The Labute approximate surface area is 222 Å². The summed E-state index contributed by atoms with van der Waals surface area (Å²) < 4.78 is 12.2. The molecule has 1 atom stereocenters. The molecule has 0 N–H and O–H groups in total. The summed E-state index contributed by atoms with van der Waals surface area (Å²) in [4.78, 5) is 28.3. The van der Waals surface area contributed by atoms with Crippen LogP contribution in [0.2, 0.25) is 0 Å². The maximum Gasteiger partial charge on any atom is 0.339 e. The smallest absolute Gasteiger partial charge is 0.339 e. The molecule has 0 radical (unpaired) electrons. The van der Waals surface area contributed by atoms with E-state index in [4.69, 9.17) is 9.47 Å². The van der Waals surface area contributed by atoms with Gasteiger partial charge in [0.15, 0.2) is 6.10 Å².